The monoisotopic (exact) mass is 404 g/mol. The van der Waals surface area contributed by atoms with Crippen molar-refractivity contribution in [1.29, 1.82) is 0 Å². The number of benzene rings is 1. The van der Waals surface area contributed by atoms with Gasteiger partial charge in [0.1, 0.15) is 15.9 Å². The number of carbonyl (C=O) groups is 1. The fourth-order valence-corrected chi connectivity index (χ4v) is 3.07. The summed E-state index contributed by atoms with van der Waals surface area (Å²) in [7, 11) is -1.56. The normalized spacial score (nSPS) is 13.3. The van der Waals surface area contributed by atoms with Gasteiger partial charge in [0.05, 0.1) is 19.5 Å². The Morgan fingerprint density at radius 2 is 1.81 bits per heavy atom. The molecule has 0 aliphatic carbocycles. The summed E-state index contributed by atoms with van der Waals surface area (Å²) in [5.41, 5.74) is 11.8. The summed E-state index contributed by atoms with van der Waals surface area (Å²) in [4.78, 5) is 10.1. The standard InChI is InChI=1S/C12H19NO4S.C6H13NO2/c1-4-17-12-7-9(5-6-11(12)16-2)10(13)8-18(3,14)15;1-4(2)3-5(7)6(8)9/h5-7,10H,4,8,13H2,1-3H3;4-5H,3,7H2,1-2H3,(H,8,9)/t10-;5-/m10/s1. The average Bonchev–Trinajstić information content (AvgIpc) is 2.53. The van der Waals surface area contributed by atoms with E-state index in [1.54, 1.807) is 25.3 Å². The van der Waals surface area contributed by atoms with Crippen LogP contribution in [0.5, 0.6) is 11.5 Å². The minimum atomic E-state index is -3.11. The number of rotatable bonds is 9. The van der Waals surface area contributed by atoms with Gasteiger partial charge in [-0.1, -0.05) is 19.9 Å². The molecule has 0 saturated carbocycles. The Bertz CT molecular complexity index is 691. The van der Waals surface area contributed by atoms with E-state index < -0.39 is 27.9 Å². The van der Waals surface area contributed by atoms with Gasteiger partial charge < -0.3 is 26.0 Å². The molecule has 1 aromatic rings. The van der Waals surface area contributed by atoms with Crippen LogP contribution in [0.3, 0.4) is 0 Å². The van der Waals surface area contributed by atoms with Gasteiger partial charge in [-0.15, -0.1) is 0 Å². The van der Waals surface area contributed by atoms with Crippen molar-refractivity contribution in [3.63, 3.8) is 0 Å². The third kappa shape index (κ3) is 10.8. The number of aliphatic carboxylic acids is 1. The largest absolute Gasteiger partial charge is 0.493 e. The highest BCUT2D eigenvalue weighted by molar-refractivity contribution is 7.90. The second-order valence-corrected chi connectivity index (χ2v) is 8.80. The van der Waals surface area contributed by atoms with E-state index in [1.165, 1.54) is 6.26 Å². The molecule has 1 aromatic carbocycles. The summed E-state index contributed by atoms with van der Waals surface area (Å²) in [6.45, 7) is 6.26. The van der Waals surface area contributed by atoms with E-state index in [2.05, 4.69) is 0 Å². The lowest BCUT2D eigenvalue weighted by Crippen LogP contribution is -2.31. The molecule has 0 fully saturated rings. The lowest BCUT2D eigenvalue weighted by atomic mass is 10.1. The number of ether oxygens (including phenoxy) is 2. The second-order valence-electron chi connectivity index (χ2n) is 6.62. The van der Waals surface area contributed by atoms with Gasteiger partial charge in [0.25, 0.3) is 0 Å². The van der Waals surface area contributed by atoms with Gasteiger partial charge in [0, 0.05) is 12.3 Å². The molecule has 8 nitrogen and oxygen atoms in total. The Labute approximate surface area is 161 Å². The quantitative estimate of drug-likeness (QED) is 0.563. The molecule has 27 heavy (non-hydrogen) atoms. The van der Waals surface area contributed by atoms with Crippen LogP contribution in [-0.2, 0) is 14.6 Å². The van der Waals surface area contributed by atoms with E-state index in [-0.39, 0.29) is 5.75 Å². The van der Waals surface area contributed by atoms with Gasteiger partial charge in [0.15, 0.2) is 11.5 Å². The molecule has 0 bridgehead atoms. The minimum Gasteiger partial charge on any atom is -0.493 e. The van der Waals surface area contributed by atoms with Crippen LogP contribution in [0.2, 0.25) is 0 Å². The molecule has 0 heterocycles. The van der Waals surface area contributed by atoms with Crippen LogP contribution >= 0.6 is 0 Å². The Morgan fingerprint density at radius 1 is 1.22 bits per heavy atom. The topological polar surface area (TPSA) is 142 Å². The van der Waals surface area contributed by atoms with Gasteiger partial charge in [-0.25, -0.2) is 8.42 Å². The zero-order chi connectivity index (χ0) is 21.2. The maximum absolute atomic E-state index is 11.2. The molecule has 0 radical (unpaired) electrons. The van der Waals surface area contributed by atoms with Crippen molar-refractivity contribution in [3.8, 4) is 11.5 Å². The molecular formula is C18H32N2O6S. The Balaban J connectivity index is 0.000000636. The lowest BCUT2D eigenvalue weighted by molar-refractivity contribution is -0.138. The summed E-state index contributed by atoms with van der Waals surface area (Å²) in [5.74, 6) is 0.527. The van der Waals surface area contributed by atoms with Gasteiger partial charge in [-0.3, -0.25) is 4.79 Å². The van der Waals surface area contributed by atoms with Crippen LogP contribution in [-0.4, -0.2) is 51.3 Å². The Hall–Kier alpha value is -1.84. The third-order valence-electron chi connectivity index (χ3n) is 3.44. The van der Waals surface area contributed by atoms with Crippen LogP contribution in [0.1, 0.15) is 38.8 Å². The van der Waals surface area contributed by atoms with Gasteiger partial charge in [-0.05, 0) is 37.0 Å². The number of carboxylic acid groups (broad SMARTS) is 1. The molecule has 0 aliphatic rings. The van der Waals surface area contributed by atoms with Crippen LogP contribution in [0.4, 0.5) is 0 Å². The predicted molar refractivity (Wildman–Crippen MR) is 106 cm³/mol. The molecule has 0 aromatic heterocycles. The highest BCUT2D eigenvalue weighted by Crippen LogP contribution is 2.30. The third-order valence-corrected chi connectivity index (χ3v) is 4.41. The summed E-state index contributed by atoms with van der Waals surface area (Å²) in [6, 6.07) is 3.94. The molecule has 1 rings (SSSR count). The summed E-state index contributed by atoms with van der Waals surface area (Å²) in [5, 5.41) is 8.31. The van der Waals surface area contributed by atoms with Crippen molar-refractivity contribution in [1.82, 2.24) is 0 Å². The maximum Gasteiger partial charge on any atom is 0.320 e. The Morgan fingerprint density at radius 3 is 2.19 bits per heavy atom. The SMILES string of the molecule is CC(C)C[C@H](N)C(=O)O.CCOc1cc([C@H](N)CS(C)(=O)=O)ccc1OC. The van der Waals surface area contributed by atoms with Crippen LogP contribution in [0, 0.1) is 5.92 Å². The lowest BCUT2D eigenvalue weighted by Gasteiger charge is -2.15. The molecule has 0 spiro atoms. The number of carboxylic acids is 1. The van der Waals surface area contributed by atoms with Gasteiger partial charge in [-0.2, -0.15) is 0 Å². The first-order valence-corrected chi connectivity index (χ1v) is 10.7. The van der Waals surface area contributed by atoms with Crippen molar-refractivity contribution in [2.24, 2.45) is 17.4 Å². The summed E-state index contributed by atoms with van der Waals surface area (Å²) >= 11 is 0. The molecule has 0 unspecified atom stereocenters. The zero-order valence-corrected chi connectivity index (χ0v) is 17.5. The highest BCUT2D eigenvalue weighted by atomic mass is 32.2. The number of nitrogens with two attached hydrogens (primary N) is 2. The summed E-state index contributed by atoms with van der Waals surface area (Å²) in [6.07, 6.45) is 1.72. The van der Waals surface area contributed by atoms with Crippen LogP contribution in [0.15, 0.2) is 18.2 Å². The first-order valence-electron chi connectivity index (χ1n) is 8.63. The molecular weight excluding hydrogens is 372 g/mol. The number of sulfone groups is 1. The molecule has 5 N–H and O–H groups in total. The number of methoxy groups -OCH3 is 1. The van der Waals surface area contributed by atoms with Gasteiger partial charge >= 0.3 is 5.97 Å². The van der Waals surface area contributed by atoms with E-state index in [0.29, 0.717) is 36.0 Å². The van der Waals surface area contributed by atoms with Crippen LogP contribution < -0.4 is 20.9 Å². The predicted octanol–water partition coefficient (Wildman–Crippen LogP) is 1.58. The molecule has 0 amide bonds. The van der Waals surface area contributed by atoms with E-state index in [9.17, 15) is 13.2 Å². The van der Waals surface area contributed by atoms with Crippen molar-refractivity contribution < 1.29 is 27.8 Å². The van der Waals surface area contributed by atoms with E-state index in [1.807, 2.05) is 20.8 Å². The minimum absolute atomic E-state index is 0.0924. The Kier molecular flexibility index (Phi) is 11.0. The summed E-state index contributed by atoms with van der Waals surface area (Å²) < 4.78 is 33.0. The molecule has 0 saturated heterocycles. The number of hydrogen-bond acceptors (Lipinski definition) is 7. The first kappa shape index (κ1) is 25.2. The second kappa shape index (κ2) is 11.8. The van der Waals surface area contributed by atoms with E-state index >= 15 is 0 Å². The molecule has 156 valence electrons. The first-order chi connectivity index (χ1) is 12.4. The van der Waals surface area contributed by atoms with E-state index in [0.717, 1.165) is 0 Å². The van der Waals surface area contributed by atoms with Crippen molar-refractivity contribution >= 4 is 15.8 Å². The van der Waals surface area contributed by atoms with Crippen molar-refractivity contribution in [2.75, 3.05) is 25.7 Å². The average molecular weight is 405 g/mol. The fourth-order valence-electron chi connectivity index (χ4n) is 2.22. The molecule has 0 aliphatic heterocycles. The van der Waals surface area contributed by atoms with E-state index in [4.69, 9.17) is 26.0 Å². The van der Waals surface area contributed by atoms with Gasteiger partial charge in [0.2, 0.25) is 0 Å². The van der Waals surface area contributed by atoms with Crippen LogP contribution in [0.25, 0.3) is 0 Å². The van der Waals surface area contributed by atoms with Crippen molar-refractivity contribution in [2.45, 2.75) is 39.3 Å². The molecule has 2 atom stereocenters. The highest BCUT2D eigenvalue weighted by Gasteiger charge is 2.15. The van der Waals surface area contributed by atoms with Crippen molar-refractivity contribution in [3.05, 3.63) is 23.8 Å². The molecule has 9 heteroatoms. The fraction of sp³-hybridized carbons (Fsp3) is 0.611. The number of hydrogen-bond donors (Lipinski definition) is 3. The zero-order valence-electron chi connectivity index (χ0n) is 16.6. The maximum atomic E-state index is 11.2. The smallest absolute Gasteiger partial charge is 0.320 e.